The van der Waals surface area contributed by atoms with Crippen molar-refractivity contribution in [2.45, 2.75) is 32.4 Å². The predicted molar refractivity (Wildman–Crippen MR) is 61.6 cm³/mol. The summed E-state index contributed by atoms with van der Waals surface area (Å²) in [6.07, 6.45) is 0.620. The topological polar surface area (TPSA) is 55.1 Å². The Morgan fingerprint density at radius 2 is 2.00 bits per heavy atom. The molecular weight excluding hydrogens is 226 g/mol. The van der Waals surface area contributed by atoms with Crippen LogP contribution in [0.15, 0.2) is 18.2 Å². The minimum Gasteiger partial charge on any atom is -0.350 e. The lowest BCUT2D eigenvalue weighted by Crippen LogP contribution is -2.36. The lowest BCUT2D eigenvalue weighted by molar-refractivity contribution is 0.0937. The molecule has 3 N–H and O–H groups in total. The molecule has 1 aromatic carbocycles. The number of carbonyl (C=O) groups excluding carboxylic acids is 1. The highest BCUT2D eigenvalue weighted by Crippen LogP contribution is 2.09. The van der Waals surface area contributed by atoms with E-state index < -0.39 is 17.5 Å². The van der Waals surface area contributed by atoms with Crippen molar-refractivity contribution in [2.24, 2.45) is 5.73 Å². The molecule has 1 rings (SSSR count). The Balaban J connectivity index is 2.66. The zero-order valence-corrected chi connectivity index (χ0v) is 9.84. The van der Waals surface area contributed by atoms with E-state index in [-0.39, 0.29) is 17.6 Å². The van der Waals surface area contributed by atoms with Crippen molar-refractivity contribution in [2.75, 3.05) is 0 Å². The van der Waals surface area contributed by atoms with Crippen molar-refractivity contribution in [1.82, 2.24) is 5.32 Å². The molecule has 0 spiro atoms. The van der Waals surface area contributed by atoms with Gasteiger partial charge in [-0.1, -0.05) is 0 Å². The standard InChI is InChI=1S/C12H16F2N2O/c1-7(15)5-8(2)16-12(17)9-3-4-10(13)11(14)6-9/h3-4,6-8H,5,15H2,1-2H3,(H,16,17). The summed E-state index contributed by atoms with van der Waals surface area (Å²) in [6.45, 7) is 3.64. The number of amides is 1. The zero-order valence-electron chi connectivity index (χ0n) is 9.84. The highest BCUT2D eigenvalue weighted by Gasteiger charge is 2.13. The molecule has 2 atom stereocenters. The number of hydrogen-bond donors (Lipinski definition) is 2. The molecule has 0 radical (unpaired) electrons. The van der Waals surface area contributed by atoms with Crippen LogP contribution >= 0.6 is 0 Å². The number of hydrogen-bond acceptors (Lipinski definition) is 2. The summed E-state index contributed by atoms with van der Waals surface area (Å²) < 4.78 is 25.6. The Morgan fingerprint density at radius 3 is 2.53 bits per heavy atom. The second-order valence-corrected chi connectivity index (χ2v) is 4.22. The summed E-state index contributed by atoms with van der Waals surface area (Å²) in [6, 6.07) is 2.90. The second kappa shape index (κ2) is 5.72. The van der Waals surface area contributed by atoms with Gasteiger partial charge in [-0.3, -0.25) is 4.79 Å². The summed E-state index contributed by atoms with van der Waals surface area (Å²) in [7, 11) is 0. The highest BCUT2D eigenvalue weighted by atomic mass is 19.2. The van der Waals surface area contributed by atoms with Crippen LogP contribution in [0.4, 0.5) is 8.78 Å². The minimum absolute atomic E-state index is 0.0322. The van der Waals surface area contributed by atoms with Gasteiger partial charge in [-0.15, -0.1) is 0 Å². The molecule has 1 aromatic rings. The summed E-state index contributed by atoms with van der Waals surface area (Å²) in [5.74, 6) is -2.43. The number of nitrogens with one attached hydrogen (secondary N) is 1. The van der Waals surface area contributed by atoms with E-state index in [0.717, 1.165) is 12.1 Å². The van der Waals surface area contributed by atoms with Crippen molar-refractivity contribution in [3.63, 3.8) is 0 Å². The van der Waals surface area contributed by atoms with Gasteiger partial charge in [-0.25, -0.2) is 8.78 Å². The molecule has 2 unspecified atom stereocenters. The van der Waals surface area contributed by atoms with Crippen LogP contribution in [0.25, 0.3) is 0 Å². The number of benzene rings is 1. The van der Waals surface area contributed by atoms with Gasteiger partial charge in [0.15, 0.2) is 11.6 Å². The van der Waals surface area contributed by atoms with Gasteiger partial charge in [-0.05, 0) is 38.5 Å². The van der Waals surface area contributed by atoms with E-state index in [4.69, 9.17) is 5.73 Å². The molecular formula is C12H16F2N2O. The fourth-order valence-corrected chi connectivity index (χ4v) is 1.56. The van der Waals surface area contributed by atoms with Crippen LogP contribution < -0.4 is 11.1 Å². The molecule has 0 saturated carbocycles. The Hall–Kier alpha value is -1.49. The number of nitrogens with two attached hydrogens (primary N) is 1. The van der Waals surface area contributed by atoms with Gasteiger partial charge in [0, 0.05) is 17.6 Å². The van der Waals surface area contributed by atoms with Crippen molar-refractivity contribution >= 4 is 5.91 Å². The molecule has 0 aliphatic carbocycles. The first kappa shape index (κ1) is 13.6. The van der Waals surface area contributed by atoms with Crippen LogP contribution in [0.3, 0.4) is 0 Å². The van der Waals surface area contributed by atoms with Gasteiger partial charge in [0.25, 0.3) is 5.91 Å². The van der Waals surface area contributed by atoms with Crippen LogP contribution in [-0.2, 0) is 0 Å². The average Bonchev–Trinajstić information content (AvgIpc) is 2.20. The van der Waals surface area contributed by atoms with Gasteiger partial charge < -0.3 is 11.1 Å². The molecule has 3 nitrogen and oxygen atoms in total. The van der Waals surface area contributed by atoms with Crippen LogP contribution in [0.5, 0.6) is 0 Å². The van der Waals surface area contributed by atoms with E-state index in [1.165, 1.54) is 6.07 Å². The fraction of sp³-hybridized carbons (Fsp3) is 0.417. The van der Waals surface area contributed by atoms with E-state index in [1.54, 1.807) is 6.92 Å². The van der Waals surface area contributed by atoms with E-state index in [1.807, 2.05) is 6.92 Å². The summed E-state index contributed by atoms with van der Waals surface area (Å²) >= 11 is 0. The molecule has 0 aliphatic heterocycles. The first-order valence-electron chi connectivity index (χ1n) is 5.41. The number of rotatable bonds is 4. The minimum atomic E-state index is -1.03. The summed E-state index contributed by atoms with van der Waals surface area (Å²) in [4.78, 5) is 11.7. The fourth-order valence-electron chi connectivity index (χ4n) is 1.56. The second-order valence-electron chi connectivity index (χ2n) is 4.22. The maximum atomic E-state index is 12.9. The van der Waals surface area contributed by atoms with E-state index in [0.29, 0.717) is 6.42 Å². The third kappa shape index (κ3) is 4.11. The van der Waals surface area contributed by atoms with Gasteiger partial charge in [-0.2, -0.15) is 0 Å². The largest absolute Gasteiger partial charge is 0.350 e. The van der Waals surface area contributed by atoms with Crippen LogP contribution in [0, 0.1) is 11.6 Å². The van der Waals surface area contributed by atoms with Gasteiger partial charge >= 0.3 is 0 Å². The smallest absolute Gasteiger partial charge is 0.251 e. The summed E-state index contributed by atoms with van der Waals surface area (Å²) in [5.41, 5.74) is 5.69. The third-order valence-electron chi connectivity index (χ3n) is 2.28. The lowest BCUT2D eigenvalue weighted by Gasteiger charge is -2.15. The Bertz CT molecular complexity index is 407. The summed E-state index contributed by atoms with van der Waals surface area (Å²) in [5, 5.41) is 2.67. The molecule has 17 heavy (non-hydrogen) atoms. The molecule has 0 aliphatic rings. The average molecular weight is 242 g/mol. The monoisotopic (exact) mass is 242 g/mol. The molecule has 0 saturated heterocycles. The molecule has 94 valence electrons. The molecule has 0 heterocycles. The third-order valence-corrected chi connectivity index (χ3v) is 2.28. The molecule has 5 heteroatoms. The van der Waals surface area contributed by atoms with Crippen LogP contribution in [-0.4, -0.2) is 18.0 Å². The van der Waals surface area contributed by atoms with Crippen molar-refractivity contribution in [3.8, 4) is 0 Å². The van der Waals surface area contributed by atoms with Crippen LogP contribution in [0.2, 0.25) is 0 Å². The van der Waals surface area contributed by atoms with E-state index in [9.17, 15) is 13.6 Å². The quantitative estimate of drug-likeness (QED) is 0.846. The van der Waals surface area contributed by atoms with Crippen molar-refractivity contribution < 1.29 is 13.6 Å². The number of halogens is 2. The maximum Gasteiger partial charge on any atom is 0.251 e. The molecule has 1 amide bonds. The Kier molecular flexibility index (Phi) is 4.57. The molecule has 0 fully saturated rings. The van der Waals surface area contributed by atoms with Crippen molar-refractivity contribution in [3.05, 3.63) is 35.4 Å². The van der Waals surface area contributed by atoms with Crippen LogP contribution in [0.1, 0.15) is 30.6 Å². The predicted octanol–water partition coefficient (Wildman–Crippen LogP) is 1.82. The van der Waals surface area contributed by atoms with E-state index >= 15 is 0 Å². The maximum absolute atomic E-state index is 12.9. The van der Waals surface area contributed by atoms with Gasteiger partial charge in [0.2, 0.25) is 0 Å². The Labute approximate surface area is 99.0 Å². The molecule has 0 bridgehead atoms. The molecule has 0 aromatic heterocycles. The SMILES string of the molecule is CC(N)CC(C)NC(=O)c1ccc(F)c(F)c1. The van der Waals surface area contributed by atoms with E-state index in [2.05, 4.69) is 5.32 Å². The van der Waals surface area contributed by atoms with Crippen molar-refractivity contribution in [1.29, 1.82) is 0 Å². The normalized spacial score (nSPS) is 14.2. The lowest BCUT2D eigenvalue weighted by atomic mass is 10.1. The Morgan fingerprint density at radius 1 is 1.35 bits per heavy atom. The van der Waals surface area contributed by atoms with Gasteiger partial charge in [0.05, 0.1) is 0 Å². The first-order chi connectivity index (χ1) is 7.90. The zero-order chi connectivity index (χ0) is 13.0. The first-order valence-corrected chi connectivity index (χ1v) is 5.41. The highest BCUT2D eigenvalue weighted by molar-refractivity contribution is 5.94. The number of carbonyl (C=O) groups is 1. The van der Waals surface area contributed by atoms with Gasteiger partial charge in [0.1, 0.15) is 0 Å².